The van der Waals surface area contributed by atoms with Crippen LogP contribution in [0.3, 0.4) is 0 Å². The van der Waals surface area contributed by atoms with Gasteiger partial charge in [0.25, 0.3) is 0 Å². The molecular formula is C22H28O2S. The second kappa shape index (κ2) is 7.74. The fourth-order valence-electron chi connectivity index (χ4n) is 3.93. The maximum atomic E-state index is 12.1. The van der Waals surface area contributed by atoms with Gasteiger partial charge in [-0.1, -0.05) is 61.0 Å². The Labute approximate surface area is 152 Å². The van der Waals surface area contributed by atoms with Gasteiger partial charge in [0.2, 0.25) is 0 Å². The summed E-state index contributed by atoms with van der Waals surface area (Å²) >= 11 is 0. The molecule has 0 radical (unpaired) electrons. The average molecular weight is 357 g/mol. The van der Waals surface area contributed by atoms with Crippen LogP contribution in [0, 0.1) is 5.92 Å². The molecule has 1 fully saturated rings. The van der Waals surface area contributed by atoms with E-state index in [4.69, 9.17) is 0 Å². The number of hydrogen-bond acceptors (Lipinski definition) is 2. The summed E-state index contributed by atoms with van der Waals surface area (Å²) in [5.41, 5.74) is 3.84. The molecule has 0 aliphatic heterocycles. The summed E-state index contributed by atoms with van der Waals surface area (Å²) in [6.07, 6.45) is 4.33. The minimum atomic E-state index is -2.93. The highest BCUT2D eigenvalue weighted by Gasteiger charge is 2.30. The quantitative estimate of drug-likeness (QED) is 0.689. The van der Waals surface area contributed by atoms with Crippen LogP contribution in [0.1, 0.15) is 51.0 Å². The van der Waals surface area contributed by atoms with E-state index in [9.17, 15) is 8.42 Å². The zero-order chi connectivity index (χ0) is 17.9. The Morgan fingerprint density at radius 3 is 2.20 bits per heavy atom. The third-order valence-corrected chi connectivity index (χ3v) is 7.84. The Bertz CT molecular complexity index is 777. The van der Waals surface area contributed by atoms with Crippen LogP contribution in [0.5, 0.6) is 0 Å². The Hall–Kier alpha value is -1.61. The van der Waals surface area contributed by atoms with Gasteiger partial charge in [0.1, 0.15) is 0 Å². The number of hydrogen-bond donors (Lipinski definition) is 0. The first kappa shape index (κ1) is 18.2. The smallest absolute Gasteiger partial charge is 0.152 e. The zero-order valence-corrected chi connectivity index (χ0v) is 16.0. The molecule has 1 aliphatic carbocycles. The molecule has 2 unspecified atom stereocenters. The van der Waals surface area contributed by atoms with E-state index >= 15 is 0 Å². The third-order valence-electron chi connectivity index (χ3n) is 5.60. The van der Waals surface area contributed by atoms with E-state index in [1.807, 2.05) is 6.07 Å². The minimum absolute atomic E-state index is 0.266. The van der Waals surface area contributed by atoms with Gasteiger partial charge in [0, 0.05) is 0 Å². The molecule has 0 N–H and O–H groups in total. The fraction of sp³-hybridized carbons (Fsp3) is 0.455. The second-order valence-corrected chi connectivity index (χ2v) is 10.2. The lowest BCUT2D eigenvalue weighted by Crippen LogP contribution is -2.20. The van der Waals surface area contributed by atoms with Gasteiger partial charge in [-0.2, -0.15) is 0 Å². The predicted molar refractivity (Wildman–Crippen MR) is 105 cm³/mol. The molecule has 2 nitrogen and oxygen atoms in total. The molecule has 1 aliphatic rings. The van der Waals surface area contributed by atoms with Gasteiger partial charge in [-0.3, -0.25) is 0 Å². The van der Waals surface area contributed by atoms with Crippen LogP contribution in [0.25, 0.3) is 11.1 Å². The molecule has 0 spiro atoms. The summed E-state index contributed by atoms with van der Waals surface area (Å²) in [6.45, 7) is 3.56. The van der Waals surface area contributed by atoms with Crippen molar-refractivity contribution in [2.24, 2.45) is 5.92 Å². The highest BCUT2D eigenvalue weighted by molar-refractivity contribution is 7.91. The molecule has 0 aromatic heterocycles. The normalized spacial score (nSPS) is 20.9. The monoisotopic (exact) mass is 356 g/mol. The summed E-state index contributed by atoms with van der Waals surface area (Å²) in [5, 5.41) is -0.266. The van der Waals surface area contributed by atoms with E-state index in [0.29, 0.717) is 17.6 Å². The van der Waals surface area contributed by atoms with Crippen LogP contribution in [0.15, 0.2) is 54.6 Å². The van der Waals surface area contributed by atoms with Crippen molar-refractivity contribution in [1.82, 2.24) is 0 Å². The van der Waals surface area contributed by atoms with Crippen LogP contribution in [-0.4, -0.2) is 19.4 Å². The highest BCUT2D eigenvalue weighted by Crippen LogP contribution is 2.42. The van der Waals surface area contributed by atoms with Crippen molar-refractivity contribution in [3.8, 4) is 11.1 Å². The van der Waals surface area contributed by atoms with Crippen molar-refractivity contribution >= 4 is 9.84 Å². The van der Waals surface area contributed by atoms with Crippen LogP contribution in [-0.2, 0) is 9.84 Å². The van der Waals surface area contributed by atoms with E-state index in [1.54, 1.807) is 13.8 Å². The Morgan fingerprint density at radius 1 is 0.920 bits per heavy atom. The summed E-state index contributed by atoms with van der Waals surface area (Å²) in [5.74, 6) is 1.33. The van der Waals surface area contributed by atoms with Gasteiger partial charge in [-0.15, -0.1) is 0 Å². The summed E-state index contributed by atoms with van der Waals surface area (Å²) in [7, 11) is -2.93. The van der Waals surface area contributed by atoms with Gasteiger partial charge in [-0.05, 0) is 61.6 Å². The van der Waals surface area contributed by atoms with Gasteiger partial charge in [-0.25, -0.2) is 8.42 Å². The average Bonchev–Trinajstić information content (AvgIpc) is 3.09. The first-order valence-electron chi connectivity index (χ1n) is 9.34. The minimum Gasteiger partial charge on any atom is -0.229 e. The van der Waals surface area contributed by atoms with Gasteiger partial charge < -0.3 is 0 Å². The molecule has 2 atom stereocenters. The van der Waals surface area contributed by atoms with Crippen LogP contribution in [0.4, 0.5) is 0 Å². The fourth-order valence-corrected chi connectivity index (χ4v) is 5.03. The number of rotatable bonds is 6. The van der Waals surface area contributed by atoms with Crippen molar-refractivity contribution in [3.05, 3.63) is 60.2 Å². The predicted octanol–water partition coefficient (Wildman–Crippen LogP) is 5.45. The number of benzene rings is 2. The van der Waals surface area contributed by atoms with E-state index in [0.717, 1.165) is 12.8 Å². The number of sulfone groups is 1. The first-order chi connectivity index (χ1) is 12.0. The highest BCUT2D eigenvalue weighted by atomic mass is 32.2. The molecule has 0 bridgehead atoms. The SMILES string of the molecule is CC(C)S(=O)(=O)CCC1CCCC1c1ccc(-c2ccccc2)cc1. The molecule has 134 valence electrons. The largest absolute Gasteiger partial charge is 0.229 e. The molecule has 0 saturated heterocycles. The van der Waals surface area contributed by atoms with Crippen LogP contribution in [0.2, 0.25) is 0 Å². The summed E-state index contributed by atoms with van der Waals surface area (Å²) in [6, 6.07) is 19.3. The molecule has 25 heavy (non-hydrogen) atoms. The van der Waals surface area contributed by atoms with Crippen LogP contribution < -0.4 is 0 Å². The van der Waals surface area contributed by atoms with E-state index < -0.39 is 9.84 Å². The Morgan fingerprint density at radius 2 is 1.56 bits per heavy atom. The van der Waals surface area contributed by atoms with Crippen molar-refractivity contribution in [2.45, 2.75) is 50.7 Å². The van der Waals surface area contributed by atoms with Gasteiger partial charge in [0.15, 0.2) is 9.84 Å². The molecule has 3 heteroatoms. The van der Waals surface area contributed by atoms with Gasteiger partial charge in [0.05, 0.1) is 11.0 Å². The lowest BCUT2D eigenvalue weighted by molar-refractivity contribution is 0.466. The lowest BCUT2D eigenvalue weighted by Gasteiger charge is -2.21. The zero-order valence-electron chi connectivity index (χ0n) is 15.2. The molecule has 2 aromatic rings. The molecule has 2 aromatic carbocycles. The molecule has 1 saturated carbocycles. The topological polar surface area (TPSA) is 34.1 Å². The van der Waals surface area contributed by atoms with Gasteiger partial charge >= 0.3 is 0 Å². The van der Waals surface area contributed by atoms with Crippen molar-refractivity contribution in [2.75, 3.05) is 5.75 Å². The van der Waals surface area contributed by atoms with Crippen molar-refractivity contribution in [1.29, 1.82) is 0 Å². The molecule has 0 amide bonds. The standard InChI is InChI=1S/C22H28O2S/c1-17(2)25(23,24)16-15-20-9-6-10-22(20)21-13-11-19(12-14-21)18-7-4-3-5-8-18/h3-5,7-8,11-14,17,20,22H,6,9-10,15-16H2,1-2H3. The first-order valence-corrected chi connectivity index (χ1v) is 11.1. The lowest BCUT2D eigenvalue weighted by atomic mass is 9.86. The van der Waals surface area contributed by atoms with E-state index in [2.05, 4.69) is 48.5 Å². The van der Waals surface area contributed by atoms with Crippen molar-refractivity contribution in [3.63, 3.8) is 0 Å². The molecule has 0 heterocycles. The van der Waals surface area contributed by atoms with E-state index in [1.165, 1.54) is 29.5 Å². The summed E-state index contributed by atoms with van der Waals surface area (Å²) < 4.78 is 24.3. The third kappa shape index (κ3) is 4.33. The Balaban J connectivity index is 1.70. The van der Waals surface area contributed by atoms with Crippen molar-refractivity contribution < 1.29 is 8.42 Å². The second-order valence-electron chi connectivity index (χ2n) is 7.49. The molecule has 3 rings (SSSR count). The van der Waals surface area contributed by atoms with E-state index in [-0.39, 0.29) is 5.25 Å². The van der Waals surface area contributed by atoms with Crippen LogP contribution >= 0.6 is 0 Å². The maximum absolute atomic E-state index is 12.1. The summed E-state index contributed by atoms with van der Waals surface area (Å²) in [4.78, 5) is 0. The maximum Gasteiger partial charge on any atom is 0.152 e. The Kier molecular flexibility index (Phi) is 5.63. The molecular weight excluding hydrogens is 328 g/mol.